The number of amides is 1. The molecule has 0 fully saturated rings. The summed E-state index contributed by atoms with van der Waals surface area (Å²) in [5, 5.41) is 3.44. The molecule has 2 aromatic carbocycles. The highest BCUT2D eigenvalue weighted by molar-refractivity contribution is 7.89. The van der Waals surface area contributed by atoms with Gasteiger partial charge in [-0.15, -0.1) is 0 Å². The van der Waals surface area contributed by atoms with Crippen LogP contribution in [0.15, 0.2) is 47.4 Å². The third kappa shape index (κ3) is 5.61. The average Bonchev–Trinajstić information content (AvgIpc) is 2.55. The van der Waals surface area contributed by atoms with Gasteiger partial charge in [0.15, 0.2) is 0 Å². The molecule has 0 atom stereocenters. The first-order valence-corrected chi connectivity index (χ1v) is 9.44. The van der Waals surface area contributed by atoms with E-state index in [1.165, 1.54) is 31.4 Å². The van der Waals surface area contributed by atoms with Crippen molar-refractivity contribution in [3.63, 3.8) is 0 Å². The quantitative estimate of drug-likeness (QED) is 0.743. The van der Waals surface area contributed by atoms with E-state index >= 15 is 0 Å². The van der Waals surface area contributed by atoms with Gasteiger partial charge in [-0.1, -0.05) is 23.2 Å². The van der Waals surface area contributed by atoms with Gasteiger partial charge in [-0.25, -0.2) is 13.1 Å². The topological polar surface area (TPSA) is 84.5 Å². The third-order valence-electron chi connectivity index (χ3n) is 3.20. The Hall–Kier alpha value is -1.80. The monoisotopic (exact) mass is 402 g/mol. The molecule has 0 aliphatic carbocycles. The van der Waals surface area contributed by atoms with Crippen molar-refractivity contribution in [3.05, 3.63) is 52.5 Å². The number of hydrogen-bond acceptors (Lipinski definition) is 4. The van der Waals surface area contributed by atoms with Crippen molar-refractivity contribution < 1.29 is 17.9 Å². The van der Waals surface area contributed by atoms with Crippen LogP contribution in [0.2, 0.25) is 10.0 Å². The lowest BCUT2D eigenvalue weighted by Gasteiger charge is -2.09. The molecule has 0 saturated carbocycles. The van der Waals surface area contributed by atoms with Crippen molar-refractivity contribution in [3.8, 4) is 5.75 Å². The van der Waals surface area contributed by atoms with Gasteiger partial charge in [-0.2, -0.15) is 0 Å². The lowest BCUT2D eigenvalue weighted by molar-refractivity contribution is -0.116. The first kappa shape index (κ1) is 19.5. The standard InChI is InChI=1S/C16H16Cl2N2O4S/c1-24-15-7-4-12(10-14(15)18)20-16(21)8-9-19-25(22,23)13-5-2-11(17)3-6-13/h2-7,10,19H,8-9H2,1H3,(H,20,21). The van der Waals surface area contributed by atoms with E-state index in [0.717, 1.165) is 0 Å². The molecule has 0 saturated heterocycles. The van der Waals surface area contributed by atoms with Gasteiger partial charge in [0.1, 0.15) is 5.75 Å². The molecule has 0 radical (unpaired) electrons. The third-order valence-corrected chi connectivity index (χ3v) is 5.23. The number of halogens is 2. The minimum absolute atomic E-state index is 0.0313. The Bertz CT molecular complexity index is 855. The fourth-order valence-electron chi connectivity index (χ4n) is 1.96. The fraction of sp³-hybridized carbons (Fsp3) is 0.188. The van der Waals surface area contributed by atoms with E-state index in [1.54, 1.807) is 18.2 Å². The van der Waals surface area contributed by atoms with E-state index in [-0.39, 0.29) is 23.8 Å². The van der Waals surface area contributed by atoms with E-state index in [0.29, 0.717) is 21.5 Å². The van der Waals surface area contributed by atoms with Gasteiger partial charge >= 0.3 is 0 Å². The number of carbonyl (C=O) groups is 1. The van der Waals surface area contributed by atoms with Crippen LogP contribution in [0, 0.1) is 0 Å². The number of methoxy groups -OCH3 is 1. The Morgan fingerprint density at radius 2 is 1.80 bits per heavy atom. The van der Waals surface area contributed by atoms with Gasteiger partial charge in [0.2, 0.25) is 15.9 Å². The maximum atomic E-state index is 12.1. The van der Waals surface area contributed by atoms with Gasteiger partial charge < -0.3 is 10.1 Å². The lowest BCUT2D eigenvalue weighted by Crippen LogP contribution is -2.27. The van der Waals surface area contributed by atoms with Crippen LogP contribution in [-0.2, 0) is 14.8 Å². The maximum absolute atomic E-state index is 12.1. The van der Waals surface area contributed by atoms with Gasteiger partial charge in [0, 0.05) is 23.7 Å². The molecule has 2 rings (SSSR count). The van der Waals surface area contributed by atoms with Crippen LogP contribution in [0.5, 0.6) is 5.75 Å². The second-order valence-electron chi connectivity index (χ2n) is 5.00. The van der Waals surface area contributed by atoms with E-state index in [1.807, 2.05) is 0 Å². The zero-order valence-corrected chi connectivity index (χ0v) is 15.6. The molecule has 0 unspecified atom stereocenters. The van der Waals surface area contributed by atoms with Gasteiger partial charge in [-0.05, 0) is 42.5 Å². The molecule has 134 valence electrons. The summed E-state index contributed by atoms with van der Waals surface area (Å²) in [5.74, 6) is 0.149. The molecule has 25 heavy (non-hydrogen) atoms. The predicted octanol–water partition coefficient (Wildman–Crippen LogP) is 3.31. The molecular formula is C16H16Cl2N2O4S. The number of anilines is 1. The summed E-state index contributed by atoms with van der Waals surface area (Å²) < 4.78 is 31.6. The Balaban J connectivity index is 1.87. The summed E-state index contributed by atoms with van der Waals surface area (Å²) in [6, 6.07) is 10.6. The fourth-order valence-corrected chi connectivity index (χ4v) is 3.38. The number of nitrogens with one attached hydrogen (secondary N) is 2. The molecule has 0 aromatic heterocycles. The van der Waals surface area contributed by atoms with E-state index in [2.05, 4.69) is 10.0 Å². The van der Waals surface area contributed by atoms with Crippen molar-refractivity contribution >= 4 is 44.8 Å². The highest BCUT2D eigenvalue weighted by atomic mass is 35.5. The van der Waals surface area contributed by atoms with Crippen molar-refractivity contribution in [1.82, 2.24) is 4.72 Å². The first-order chi connectivity index (χ1) is 11.8. The molecule has 2 N–H and O–H groups in total. The molecule has 0 bridgehead atoms. The molecule has 2 aromatic rings. The molecule has 0 aliphatic heterocycles. The highest BCUT2D eigenvalue weighted by Crippen LogP contribution is 2.27. The number of sulfonamides is 1. The van der Waals surface area contributed by atoms with Crippen LogP contribution >= 0.6 is 23.2 Å². The van der Waals surface area contributed by atoms with Crippen LogP contribution in [0.1, 0.15) is 6.42 Å². The summed E-state index contributed by atoms with van der Waals surface area (Å²) in [6.07, 6.45) is -0.0313. The summed E-state index contributed by atoms with van der Waals surface area (Å²) in [7, 11) is -2.20. The van der Waals surface area contributed by atoms with Crippen LogP contribution < -0.4 is 14.8 Å². The second-order valence-corrected chi connectivity index (χ2v) is 7.61. The Labute approximate surface area is 156 Å². The van der Waals surface area contributed by atoms with Gasteiger partial charge in [0.05, 0.1) is 17.0 Å². The Kier molecular flexibility index (Phi) is 6.66. The summed E-state index contributed by atoms with van der Waals surface area (Å²) >= 11 is 11.7. The van der Waals surface area contributed by atoms with Crippen molar-refractivity contribution in [2.75, 3.05) is 19.0 Å². The number of benzene rings is 2. The summed E-state index contributed by atoms with van der Waals surface area (Å²) in [4.78, 5) is 12.0. The van der Waals surface area contributed by atoms with E-state index in [9.17, 15) is 13.2 Å². The van der Waals surface area contributed by atoms with Gasteiger partial charge in [0.25, 0.3) is 0 Å². The number of carbonyl (C=O) groups excluding carboxylic acids is 1. The zero-order valence-electron chi connectivity index (χ0n) is 13.3. The van der Waals surface area contributed by atoms with Gasteiger partial charge in [-0.3, -0.25) is 4.79 Å². The van der Waals surface area contributed by atoms with E-state index < -0.39 is 10.0 Å². The highest BCUT2D eigenvalue weighted by Gasteiger charge is 2.14. The zero-order chi connectivity index (χ0) is 18.4. The van der Waals surface area contributed by atoms with Crippen molar-refractivity contribution in [2.45, 2.75) is 11.3 Å². The molecule has 9 heteroatoms. The number of hydrogen-bond donors (Lipinski definition) is 2. The second kappa shape index (κ2) is 8.53. The molecule has 6 nitrogen and oxygen atoms in total. The lowest BCUT2D eigenvalue weighted by atomic mass is 10.3. The van der Waals surface area contributed by atoms with Crippen LogP contribution in [0.4, 0.5) is 5.69 Å². The minimum Gasteiger partial charge on any atom is -0.495 e. The molecule has 0 heterocycles. The molecule has 0 aliphatic rings. The average molecular weight is 403 g/mol. The Morgan fingerprint density at radius 1 is 1.12 bits per heavy atom. The number of rotatable bonds is 7. The maximum Gasteiger partial charge on any atom is 0.240 e. The van der Waals surface area contributed by atoms with E-state index in [4.69, 9.17) is 27.9 Å². The van der Waals surface area contributed by atoms with Crippen molar-refractivity contribution in [2.24, 2.45) is 0 Å². The van der Waals surface area contributed by atoms with Crippen molar-refractivity contribution in [1.29, 1.82) is 0 Å². The molecular weight excluding hydrogens is 387 g/mol. The number of ether oxygens (including phenoxy) is 1. The normalized spacial score (nSPS) is 11.2. The largest absolute Gasteiger partial charge is 0.495 e. The first-order valence-electron chi connectivity index (χ1n) is 7.20. The van der Waals surface area contributed by atoms with Crippen LogP contribution in [-0.4, -0.2) is 28.0 Å². The SMILES string of the molecule is COc1ccc(NC(=O)CCNS(=O)(=O)c2ccc(Cl)cc2)cc1Cl. The summed E-state index contributed by atoms with van der Waals surface area (Å²) in [6.45, 7) is -0.0410. The van der Waals surface area contributed by atoms with Crippen LogP contribution in [0.25, 0.3) is 0 Å². The van der Waals surface area contributed by atoms with Crippen LogP contribution in [0.3, 0.4) is 0 Å². The summed E-state index contributed by atoms with van der Waals surface area (Å²) in [5.41, 5.74) is 0.497. The predicted molar refractivity (Wildman–Crippen MR) is 97.9 cm³/mol. The molecule has 1 amide bonds. The Morgan fingerprint density at radius 3 is 2.40 bits per heavy atom. The molecule has 0 spiro atoms. The smallest absolute Gasteiger partial charge is 0.240 e. The minimum atomic E-state index is -3.69.